The van der Waals surface area contributed by atoms with Crippen molar-refractivity contribution in [3.8, 4) is 22.5 Å². The largest absolute Gasteiger partial charge is 0.480 e. The Bertz CT molecular complexity index is 1840. The third-order valence-corrected chi connectivity index (χ3v) is 7.83. The third-order valence-electron chi connectivity index (χ3n) is 7.83. The van der Waals surface area contributed by atoms with Gasteiger partial charge in [-0.05, 0) is 45.2 Å². The lowest BCUT2D eigenvalue weighted by Crippen LogP contribution is -2.43. The molecule has 0 aromatic heterocycles. The number of para-hydroxylation sites is 1. The molecule has 2 aliphatic carbocycles. The fourth-order valence-corrected chi connectivity index (χ4v) is 6.00. The molecule has 1 heterocycles. The molecule has 0 saturated carbocycles. The molecular formula is C34H25NO5. The van der Waals surface area contributed by atoms with Crippen molar-refractivity contribution in [3.05, 3.63) is 120 Å². The molecule has 0 fully saturated rings. The minimum absolute atomic E-state index is 0.0470. The van der Waals surface area contributed by atoms with Gasteiger partial charge in [-0.1, -0.05) is 91.0 Å². The number of fused-ring (bicyclic) bond motifs is 7. The molecule has 40 heavy (non-hydrogen) atoms. The van der Waals surface area contributed by atoms with Crippen LogP contribution < -0.4 is 5.32 Å². The van der Waals surface area contributed by atoms with Crippen molar-refractivity contribution < 1.29 is 23.8 Å². The minimum Gasteiger partial charge on any atom is -0.480 e. The number of nitrogens with one attached hydrogen (secondary N) is 1. The number of carboxylic acid groups (broad SMARTS) is 1. The predicted octanol–water partition coefficient (Wildman–Crippen LogP) is 7.23. The number of amides is 1. The second kappa shape index (κ2) is 9.58. The highest BCUT2D eigenvalue weighted by Gasteiger charge is 2.31. The van der Waals surface area contributed by atoms with Gasteiger partial charge in [0, 0.05) is 28.9 Å². The van der Waals surface area contributed by atoms with Gasteiger partial charge in [0.05, 0.1) is 0 Å². The third kappa shape index (κ3) is 3.96. The number of carbonyl (C=O) groups is 2. The van der Waals surface area contributed by atoms with Crippen molar-refractivity contribution in [2.75, 3.05) is 6.61 Å². The summed E-state index contributed by atoms with van der Waals surface area (Å²) in [5, 5.41) is 15.5. The number of hydrogen-bond acceptors (Lipinski definition) is 4. The van der Waals surface area contributed by atoms with Crippen molar-refractivity contribution in [1.29, 1.82) is 0 Å². The van der Waals surface area contributed by atoms with E-state index in [0.717, 1.165) is 49.5 Å². The molecule has 7 rings (SSSR count). The predicted molar refractivity (Wildman–Crippen MR) is 154 cm³/mol. The number of carbonyl (C=O) groups excluding carboxylic acids is 1. The quantitative estimate of drug-likeness (QED) is 0.239. The number of benzene rings is 4. The highest BCUT2D eigenvalue weighted by Crippen LogP contribution is 2.45. The van der Waals surface area contributed by atoms with Crippen molar-refractivity contribution in [3.63, 3.8) is 0 Å². The molecule has 1 aliphatic heterocycles. The van der Waals surface area contributed by atoms with E-state index in [-0.39, 0.29) is 18.9 Å². The minimum atomic E-state index is -1.20. The number of rotatable bonds is 6. The van der Waals surface area contributed by atoms with Crippen LogP contribution in [0.3, 0.4) is 0 Å². The smallest absolute Gasteiger partial charge is 0.407 e. The molecule has 0 saturated heterocycles. The molecule has 1 amide bonds. The van der Waals surface area contributed by atoms with E-state index in [1.165, 1.54) is 0 Å². The Morgan fingerprint density at radius 3 is 2.15 bits per heavy atom. The Morgan fingerprint density at radius 1 is 0.800 bits per heavy atom. The van der Waals surface area contributed by atoms with Crippen LogP contribution in [0.2, 0.25) is 0 Å². The summed E-state index contributed by atoms with van der Waals surface area (Å²) >= 11 is 0. The van der Waals surface area contributed by atoms with E-state index in [1.807, 2.05) is 84.9 Å². The number of alkyl carbamates (subject to hydrolysis) is 1. The summed E-state index contributed by atoms with van der Waals surface area (Å²) in [5.41, 5.74) is 6.80. The van der Waals surface area contributed by atoms with Gasteiger partial charge in [0.1, 0.15) is 24.0 Å². The Morgan fingerprint density at radius 2 is 1.43 bits per heavy atom. The second-order valence-corrected chi connectivity index (χ2v) is 10.1. The average Bonchev–Trinajstić information content (AvgIpc) is 3.46. The summed E-state index contributed by atoms with van der Waals surface area (Å²) in [7, 11) is 0. The normalized spacial score (nSPS) is 13.3. The molecular weight excluding hydrogens is 502 g/mol. The van der Waals surface area contributed by atoms with Crippen LogP contribution in [-0.2, 0) is 16.0 Å². The number of ether oxygens (including phenoxy) is 1. The molecule has 1 atom stereocenters. The molecule has 1 unspecified atom stereocenters. The van der Waals surface area contributed by atoms with Crippen molar-refractivity contribution in [1.82, 2.24) is 5.32 Å². The molecule has 6 heteroatoms. The Hall–Kier alpha value is -5.10. The Kier molecular flexibility index (Phi) is 5.74. The van der Waals surface area contributed by atoms with E-state index < -0.39 is 18.1 Å². The van der Waals surface area contributed by atoms with E-state index in [4.69, 9.17) is 9.15 Å². The fraction of sp³-hybridized carbons (Fsp3) is 0.118. The maximum Gasteiger partial charge on any atom is 0.407 e. The van der Waals surface area contributed by atoms with Gasteiger partial charge in [0.25, 0.3) is 0 Å². The first-order valence-electron chi connectivity index (χ1n) is 13.2. The SMILES string of the molecule is O=C(NC(Cc1c2oc3ccccc3cc-2c2ccccc12)C(=O)O)OCC1c2ccccc2-c2ccccc21. The van der Waals surface area contributed by atoms with E-state index in [9.17, 15) is 14.7 Å². The summed E-state index contributed by atoms with van der Waals surface area (Å²) in [4.78, 5) is 25.3. The molecule has 6 nitrogen and oxygen atoms in total. The highest BCUT2D eigenvalue weighted by atomic mass is 16.5. The zero-order valence-electron chi connectivity index (χ0n) is 21.5. The van der Waals surface area contributed by atoms with E-state index in [1.54, 1.807) is 0 Å². The molecule has 196 valence electrons. The van der Waals surface area contributed by atoms with Crippen molar-refractivity contribution in [2.45, 2.75) is 18.4 Å². The molecule has 0 radical (unpaired) electrons. The average molecular weight is 528 g/mol. The van der Waals surface area contributed by atoms with Crippen LogP contribution in [0.15, 0.2) is 108 Å². The van der Waals surface area contributed by atoms with Crippen molar-refractivity contribution >= 4 is 33.8 Å². The lowest BCUT2D eigenvalue weighted by Gasteiger charge is -2.18. The molecule has 4 aromatic rings. The zero-order valence-corrected chi connectivity index (χ0v) is 21.5. The van der Waals surface area contributed by atoms with Crippen LogP contribution in [0, 0.1) is 0 Å². The van der Waals surface area contributed by atoms with Gasteiger partial charge in [-0.15, -0.1) is 0 Å². The second-order valence-electron chi connectivity index (χ2n) is 10.1. The topological polar surface area (TPSA) is 88.8 Å². The van der Waals surface area contributed by atoms with Crippen LogP contribution >= 0.6 is 0 Å². The van der Waals surface area contributed by atoms with Gasteiger partial charge in [-0.3, -0.25) is 0 Å². The van der Waals surface area contributed by atoms with Crippen LogP contribution in [0.1, 0.15) is 22.6 Å². The molecule has 3 aliphatic rings. The van der Waals surface area contributed by atoms with Gasteiger partial charge >= 0.3 is 12.1 Å². The van der Waals surface area contributed by atoms with E-state index in [2.05, 4.69) is 23.5 Å². The van der Waals surface area contributed by atoms with Crippen LogP contribution in [0.25, 0.3) is 44.2 Å². The molecule has 0 bridgehead atoms. The van der Waals surface area contributed by atoms with Gasteiger partial charge in [0.15, 0.2) is 0 Å². The first kappa shape index (κ1) is 24.0. The van der Waals surface area contributed by atoms with Crippen LogP contribution in [-0.4, -0.2) is 29.8 Å². The number of carboxylic acids is 1. The fourth-order valence-electron chi connectivity index (χ4n) is 6.00. The van der Waals surface area contributed by atoms with Gasteiger partial charge in [0.2, 0.25) is 0 Å². The van der Waals surface area contributed by atoms with E-state index >= 15 is 0 Å². The monoisotopic (exact) mass is 527 g/mol. The Labute approximate surface area is 230 Å². The molecule has 4 aromatic carbocycles. The number of aliphatic carboxylic acids is 1. The zero-order chi connectivity index (χ0) is 27.2. The lowest BCUT2D eigenvalue weighted by molar-refractivity contribution is -0.139. The van der Waals surface area contributed by atoms with Crippen molar-refractivity contribution in [2.24, 2.45) is 0 Å². The summed E-state index contributed by atoms with van der Waals surface area (Å²) < 4.78 is 11.9. The standard InChI is InChI=1S/C34H25NO5/c36-33(37)30(35-34(38)39-19-29-25-14-6-2-10-21(25)22-11-3-7-15-26(22)29)18-28-24-13-5-4-12-23(24)27-17-20-9-1-8-16-31(20)40-32(27)28/h1-17,29-30H,18-19H2,(H,35,38)(H,36,37). The summed E-state index contributed by atoms with van der Waals surface area (Å²) in [6.07, 6.45) is -0.720. The lowest BCUT2D eigenvalue weighted by atomic mass is 9.98. The molecule has 2 N–H and O–H groups in total. The van der Waals surface area contributed by atoms with Gasteiger partial charge in [-0.25, -0.2) is 9.59 Å². The van der Waals surface area contributed by atoms with Crippen LogP contribution in [0.4, 0.5) is 4.79 Å². The maximum atomic E-state index is 12.9. The first-order valence-corrected chi connectivity index (χ1v) is 13.2. The highest BCUT2D eigenvalue weighted by molar-refractivity contribution is 6.06. The summed E-state index contributed by atoms with van der Waals surface area (Å²) in [6.45, 7) is 0.107. The van der Waals surface area contributed by atoms with Gasteiger partial charge < -0.3 is 19.6 Å². The first-order chi connectivity index (χ1) is 19.6. The summed E-state index contributed by atoms with van der Waals surface area (Å²) in [5.74, 6) is -0.635. The summed E-state index contributed by atoms with van der Waals surface area (Å²) in [6, 6.07) is 32.6. The number of hydrogen-bond donors (Lipinski definition) is 2. The van der Waals surface area contributed by atoms with Crippen LogP contribution in [0.5, 0.6) is 0 Å². The maximum absolute atomic E-state index is 12.9. The van der Waals surface area contributed by atoms with Gasteiger partial charge in [-0.2, -0.15) is 0 Å². The van der Waals surface area contributed by atoms with E-state index in [0.29, 0.717) is 11.3 Å². The molecule has 0 spiro atoms. The Balaban J connectivity index is 1.15.